The van der Waals surface area contributed by atoms with Gasteiger partial charge >= 0.3 is 5.97 Å². The summed E-state index contributed by atoms with van der Waals surface area (Å²) in [6, 6.07) is -0.631. The van der Waals surface area contributed by atoms with E-state index in [0.29, 0.717) is 19.4 Å². The molecule has 2 unspecified atom stereocenters. The molecule has 85 heavy (non-hydrogen) atoms. The van der Waals surface area contributed by atoms with Crippen LogP contribution in [-0.2, 0) is 14.3 Å². The molecule has 0 fully saturated rings. The maximum atomic E-state index is 12.5. The fourth-order valence-corrected chi connectivity index (χ4v) is 11.7. The van der Waals surface area contributed by atoms with E-state index in [2.05, 4.69) is 67.8 Å². The zero-order chi connectivity index (χ0) is 61.3. The molecule has 0 aliphatic rings. The summed E-state index contributed by atoms with van der Waals surface area (Å²) in [4.78, 5) is 24.6. The van der Waals surface area contributed by atoms with Gasteiger partial charge in [0.25, 0.3) is 0 Å². The molecule has 498 valence electrons. The maximum absolute atomic E-state index is 12.5. The van der Waals surface area contributed by atoms with E-state index < -0.39 is 12.1 Å². The Hall–Kier alpha value is -2.44. The average Bonchev–Trinajstić information content (AvgIpc) is 3.50. The number of carbonyl (C=O) groups is 2. The summed E-state index contributed by atoms with van der Waals surface area (Å²) < 4.78 is 5.50. The molecule has 0 bridgehead atoms. The van der Waals surface area contributed by atoms with Crippen LogP contribution in [0.1, 0.15) is 406 Å². The lowest BCUT2D eigenvalue weighted by Gasteiger charge is -2.20. The van der Waals surface area contributed by atoms with Gasteiger partial charge in [0.2, 0.25) is 5.91 Å². The Morgan fingerprint density at radius 1 is 0.329 bits per heavy atom. The third-order valence-electron chi connectivity index (χ3n) is 17.5. The van der Waals surface area contributed by atoms with Crippen molar-refractivity contribution < 1.29 is 24.5 Å². The van der Waals surface area contributed by atoms with Crippen LogP contribution < -0.4 is 5.32 Å². The van der Waals surface area contributed by atoms with Crippen molar-refractivity contribution in [3.05, 3.63) is 60.8 Å². The first-order chi connectivity index (χ1) is 42.0. The van der Waals surface area contributed by atoms with E-state index in [4.69, 9.17) is 4.74 Å². The van der Waals surface area contributed by atoms with Crippen LogP contribution in [0.15, 0.2) is 60.8 Å². The molecule has 0 aliphatic carbocycles. The molecule has 0 aromatic carbocycles. The van der Waals surface area contributed by atoms with Crippen molar-refractivity contribution in [2.45, 2.75) is 418 Å². The van der Waals surface area contributed by atoms with Gasteiger partial charge in [-0.1, -0.05) is 357 Å². The van der Waals surface area contributed by atoms with Crippen molar-refractivity contribution in [1.29, 1.82) is 0 Å². The molecule has 3 N–H and O–H groups in total. The lowest BCUT2D eigenvalue weighted by Crippen LogP contribution is -2.45. The van der Waals surface area contributed by atoms with Gasteiger partial charge in [-0.25, -0.2) is 0 Å². The summed E-state index contributed by atoms with van der Waals surface area (Å²) in [5.41, 5.74) is 0. The number of aliphatic hydroxyl groups excluding tert-OH is 2. The monoisotopic (exact) mass is 1190 g/mol. The fourth-order valence-electron chi connectivity index (χ4n) is 11.7. The molecule has 6 nitrogen and oxygen atoms in total. The normalized spacial score (nSPS) is 12.8. The summed E-state index contributed by atoms with van der Waals surface area (Å²) in [7, 11) is 0. The smallest absolute Gasteiger partial charge is 0.305 e. The molecular formula is C79H147NO5. The minimum Gasteiger partial charge on any atom is -0.466 e. The Kier molecular flexibility index (Phi) is 71.9. The van der Waals surface area contributed by atoms with Crippen LogP contribution in [0.5, 0.6) is 0 Å². The van der Waals surface area contributed by atoms with Gasteiger partial charge in [0.05, 0.1) is 25.4 Å². The van der Waals surface area contributed by atoms with Crippen LogP contribution in [0.3, 0.4) is 0 Å². The number of esters is 1. The Morgan fingerprint density at radius 2 is 0.588 bits per heavy atom. The van der Waals surface area contributed by atoms with E-state index in [0.717, 1.165) is 57.8 Å². The molecule has 0 aromatic rings. The van der Waals surface area contributed by atoms with Crippen molar-refractivity contribution in [2.24, 2.45) is 0 Å². The second-order valence-corrected chi connectivity index (χ2v) is 26.0. The standard InChI is InChI=1S/C79H147NO5/c1-3-5-7-9-11-13-15-17-19-21-23-36-39-43-47-51-55-59-63-67-71-77(82)76(75-81)80-78(83)72-68-64-60-56-52-48-44-40-37-33-31-29-27-25-24-26-28-30-32-34-38-42-46-50-54-58-62-66-70-74-85-79(84)73-69-65-61-57-53-49-45-41-35-22-20-18-16-14-12-10-8-6-4-2/h12,14,18,20,24,26,30,32,67,71,76-77,81-82H,3-11,13,15-17,19,21-23,25,27-29,31,33-66,68-70,72-75H2,1-2H3,(H,80,83)/b14-12-,20-18-,26-24-,32-30-,71-67+. The average molecular weight is 1190 g/mol. The van der Waals surface area contributed by atoms with E-state index in [1.165, 1.54) is 321 Å². The van der Waals surface area contributed by atoms with E-state index in [1.807, 2.05) is 6.08 Å². The Morgan fingerprint density at radius 3 is 0.918 bits per heavy atom. The van der Waals surface area contributed by atoms with Crippen LogP contribution in [-0.4, -0.2) is 47.4 Å². The SMILES string of the molecule is CCCCC/C=C\C/C=C\CCCCCCCCCCCC(=O)OCCCCCCCCCCC/C=C\C/C=C\CCCCCCCCCCCCCCCC(=O)NC(CO)C(O)/C=C/CCCCCCCCCCCCCCCCCCCC. The predicted octanol–water partition coefficient (Wildman–Crippen LogP) is 25.0. The van der Waals surface area contributed by atoms with Crippen molar-refractivity contribution in [3.8, 4) is 0 Å². The number of allylic oxidation sites excluding steroid dienone is 9. The van der Waals surface area contributed by atoms with E-state index in [9.17, 15) is 19.8 Å². The summed E-state index contributed by atoms with van der Waals surface area (Å²) >= 11 is 0. The number of rotatable bonds is 71. The number of carbonyl (C=O) groups excluding carboxylic acids is 2. The number of hydrogen-bond acceptors (Lipinski definition) is 5. The zero-order valence-corrected chi connectivity index (χ0v) is 57.1. The van der Waals surface area contributed by atoms with Gasteiger partial charge in [-0.15, -0.1) is 0 Å². The Labute approximate surface area is 530 Å². The summed E-state index contributed by atoms with van der Waals surface area (Å²) in [6.45, 7) is 4.91. The fraction of sp³-hybridized carbons (Fsp3) is 0.848. The lowest BCUT2D eigenvalue weighted by atomic mass is 10.0. The molecule has 0 aliphatic heterocycles. The van der Waals surface area contributed by atoms with Crippen LogP contribution in [0.2, 0.25) is 0 Å². The molecule has 0 rings (SSSR count). The maximum Gasteiger partial charge on any atom is 0.305 e. The molecule has 0 radical (unpaired) electrons. The summed E-state index contributed by atoms with van der Waals surface area (Å²) in [5.74, 6) is -0.0579. The van der Waals surface area contributed by atoms with Crippen molar-refractivity contribution in [2.75, 3.05) is 13.2 Å². The molecule has 0 spiro atoms. The van der Waals surface area contributed by atoms with Gasteiger partial charge in [-0.3, -0.25) is 9.59 Å². The van der Waals surface area contributed by atoms with E-state index in [-0.39, 0.29) is 18.5 Å². The van der Waals surface area contributed by atoms with Crippen LogP contribution in [0, 0.1) is 0 Å². The Balaban J connectivity index is 3.42. The number of unbranched alkanes of at least 4 members (excludes halogenated alkanes) is 52. The van der Waals surface area contributed by atoms with Crippen LogP contribution in [0.4, 0.5) is 0 Å². The highest BCUT2D eigenvalue weighted by Crippen LogP contribution is 2.18. The number of ether oxygens (including phenoxy) is 1. The lowest BCUT2D eigenvalue weighted by molar-refractivity contribution is -0.143. The zero-order valence-electron chi connectivity index (χ0n) is 57.1. The number of nitrogens with one attached hydrogen (secondary N) is 1. The van der Waals surface area contributed by atoms with Crippen LogP contribution >= 0.6 is 0 Å². The largest absolute Gasteiger partial charge is 0.466 e. The van der Waals surface area contributed by atoms with Crippen molar-refractivity contribution in [3.63, 3.8) is 0 Å². The highest BCUT2D eigenvalue weighted by atomic mass is 16.5. The van der Waals surface area contributed by atoms with E-state index >= 15 is 0 Å². The first kappa shape index (κ1) is 82.6. The predicted molar refractivity (Wildman–Crippen MR) is 375 cm³/mol. The van der Waals surface area contributed by atoms with Crippen LogP contribution in [0.25, 0.3) is 0 Å². The van der Waals surface area contributed by atoms with Gasteiger partial charge in [-0.2, -0.15) is 0 Å². The van der Waals surface area contributed by atoms with Gasteiger partial charge in [0, 0.05) is 12.8 Å². The first-order valence-corrected chi connectivity index (χ1v) is 38.1. The second-order valence-electron chi connectivity index (χ2n) is 26.0. The number of aliphatic hydroxyl groups is 2. The molecular weight excluding hydrogens is 1040 g/mol. The minimum atomic E-state index is -0.847. The number of hydrogen-bond donors (Lipinski definition) is 3. The quantitative estimate of drug-likeness (QED) is 0.0320. The van der Waals surface area contributed by atoms with Gasteiger partial charge in [0.15, 0.2) is 0 Å². The molecule has 6 heteroatoms. The molecule has 0 heterocycles. The highest BCUT2D eigenvalue weighted by molar-refractivity contribution is 5.76. The highest BCUT2D eigenvalue weighted by Gasteiger charge is 2.18. The second kappa shape index (κ2) is 74.0. The van der Waals surface area contributed by atoms with E-state index in [1.54, 1.807) is 6.08 Å². The molecule has 0 aromatic heterocycles. The Bertz CT molecular complexity index is 1470. The third kappa shape index (κ3) is 70.5. The van der Waals surface area contributed by atoms with Crippen molar-refractivity contribution >= 4 is 11.9 Å². The van der Waals surface area contributed by atoms with Gasteiger partial charge in [-0.05, 0) is 96.3 Å². The van der Waals surface area contributed by atoms with Crippen molar-refractivity contribution in [1.82, 2.24) is 5.32 Å². The molecule has 1 amide bonds. The summed E-state index contributed by atoms with van der Waals surface area (Å²) in [5, 5.41) is 23.3. The minimum absolute atomic E-state index is 0.00807. The third-order valence-corrected chi connectivity index (χ3v) is 17.5. The first-order valence-electron chi connectivity index (χ1n) is 38.1. The molecule has 2 atom stereocenters. The molecule has 0 saturated carbocycles. The van der Waals surface area contributed by atoms with Gasteiger partial charge < -0.3 is 20.3 Å². The topological polar surface area (TPSA) is 95.9 Å². The summed E-state index contributed by atoms with van der Waals surface area (Å²) in [6.07, 6.45) is 98.9. The molecule has 0 saturated heterocycles. The van der Waals surface area contributed by atoms with Gasteiger partial charge in [0.1, 0.15) is 0 Å². The number of amides is 1.